The third kappa shape index (κ3) is 5.81. The summed E-state index contributed by atoms with van der Waals surface area (Å²) in [5.74, 6) is -0.945. The van der Waals surface area contributed by atoms with Crippen molar-refractivity contribution in [1.82, 2.24) is 9.29 Å². The van der Waals surface area contributed by atoms with E-state index < -0.39 is 23.0 Å². The van der Waals surface area contributed by atoms with Gasteiger partial charge in [0.1, 0.15) is 11.6 Å². The minimum Gasteiger partial charge on any atom is -0.437 e. The van der Waals surface area contributed by atoms with Crippen molar-refractivity contribution in [2.75, 3.05) is 13.7 Å². The molecule has 2 unspecified atom stereocenters. The van der Waals surface area contributed by atoms with E-state index in [0.717, 1.165) is 5.56 Å². The maximum atomic E-state index is 13.4. The van der Waals surface area contributed by atoms with Crippen molar-refractivity contribution in [3.8, 4) is 11.3 Å². The summed E-state index contributed by atoms with van der Waals surface area (Å²) in [6.07, 6.45) is 0.237. The van der Waals surface area contributed by atoms with Crippen LogP contribution in [0.2, 0.25) is 0 Å². The Morgan fingerprint density at radius 3 is 2.56 bits per heavy atom. The predicted molar refractivity (Wildman–Crippen MR) is 143 cm³/mol. The second kappa shape index (κ2) is 11.6. The molecule has 0 radical (unpaired) electrons. The third-order valence-corrected chi connectivity index (χ3v) is 7.39. The highest BCUT2D eigenvalue weighted by atomic mass is 127. The smallest absolute Gasteiger partial charge is 0.253 e. The van der Waals surface area contributed by atoms with Gasteiger partial charge in [-0.3, -0.25) is 9.35 Å². The van der Waals surface area contributed by atoms with Crippen LogP contribution < -0.4 is 5.73 Å². The Kier molecular flexibility index (Phi) is 8.46. The molecule has 188 valence electrons. The number of hydrogen-bond acceptors (Lipinski definition) is 5. The van der Waals surface area contributed by atoms with E-state index in [0.29, 0.717) is 26.6 Å². The number of methoxy groups -OCH3 is 1. The summed E-state index contributed by atoms with van der Waals surface area (Å²) >= 11 is -0.211. The second-order valence-electron chi connectivity index (χ2n) is 7.96. The number of halogens is 2. The number of carbonyl (C=O) groups is 1. The van der Waals surface area contributed by atoms with Crippen LogP contribution in [0.15, 0.2) is 65.1 Å². The number of primary amides is 1. The van der Waals surface area contributed by atoms with Gasteiger partial charge >= 0.3 is 0 Å². The third-order valence-electron chi connectivity index (χ3n) is 5.71. The van der Waals surface area contributed by atoms with Gasteiger partial charge in [0.05, 0.1) is 29.3 Å². The summed E-state index contributed by atoms with van der Waals surface area (Å²) in [6, 6.07) is 16.8. The van der Waals surface area contributed by atoms with Crippen LogP contribution in [0, 0.1) is 9.39 Å². The molecule has 8 nitrogen and oxygen atoms in total. The van der Waals surface area contributed by atoms with E-state index in [2.05, 4.69) is 27.6 Å². The van der Waals surface area contributed by atoms with Gasteiger partial charge in [0.2, 0.25) is 17.0 Å². The van der Waals surface area contributed by atoms with Gasteiger partial charge in [0.15, 0.2) is 0 Å². The number of benzene rings is 2. The Morgan fingerprint density at radius 2 is 1.94 bits per heavy atom. The Bertz CT molecular complexity index is 1400. The highest BCUT2D eigenvalue weighted by Gasteiger charge is 2.24. The molecule has 3 N–H and O–H groups in total. The van der Waals surface area contributed by atoms with Gasteiger partial charge in [-0.2, -0.15) is 4.31 Å². The van der Waals surface area contributed by atoms with Crippen LogP contribution in [-0.4, -0.2) is 37.6 Å². The summed E-state index contributed by atoms with van der Waals surface area (Å²) < 4.78 is 49.0. The first-order valence-corrected chi connectivity index (χ1v) is 13.0. The van der Waals surface area contributed by atoms with Crippen molar-refractivity contribution >= 4 is 50.9 Å². The molecule has 0 saturated heterocycles. The van der Waals surface area contributed by atoms with Crippen molar-refractivity contribution in [1.29, 1.82) is 0 Å². The van der Waals surface area contributed by atoms with Gasteiger partial charge in [-0.05, 0) is 64.9 Å². The van der Waals surface area contributed by atoms with E-state index in [-0.39, 0.29) is 36.2 Å². The van der Waals surface area contributed by atoms with E-state index in [4.69, 9.17) is 14.9 Å². The van der Waals surface area contributed by atoms with E-state index in [1.165, 1.54) is 28.6 Å². The van der Waals surface area contributed by atoms with E-state index in [1.54, 1.807) is 13.2 Å². The Hall–Kier alpha value is -2.71. The molecule has 0 bridgehead atoms. The van der Waals surface area contributed by atoms with Crippen LogP contribution in [0.5, 0.6) is 0 Å². The summed E-state index contributed by atoms with van der Waals surface area (Å²) in [5, 5.41) is 0.412. The minimum absolute atomic E-state index is 0.0566. The molecule has 11 heteroatoms. The first-order valence-electron chi connectivity index (χ1n) is 10.9. The number of nitrogens with zero attached hydrogens (tertiary/aromatic N) is 2. The second-order valence-corrected chi connectivity index (χ2v) is 10.1. The van der Waals surface area contributed by atoms with Gasteiger partial charge < -0.3 is 14.9 Å². The lowest BCUT2D eigenvalue weighted by molar-refractivity contribution is 0.0900. The maximum absolute atomic E-state index is 13.4. The number of nitrogens with two attached hydrogens (primary N) is 1. The van der Waals surface area contributed by atoms with E-state index in [1.807, 2.05) is 30.3 Å². The van der Waals surface area contributed by atoms with E-state index in [9.17, 15) is 17.9 Å². The number of carbonyl (C=O) groups excluding carboxylic acids is 1. The average molecular weight is 623 g/mol. The van der Waals surface area contributed by atoms with Gasteiger partial charge in [-0.15, -0.1) is 0 Å². The average Bonchev–Trinajstić information content (AvgIpc) is 3.23. The first-order chi connectivity index (χ1) is 17.3. The molecule has 2 aromatic heterocycles. The molecule has 0 fully saturated rings. The number of fused-ring (bicyclic) bond motifs is 1. The number of aromatic nitrogens is 1. The fraction of sp³-hybridized carbons (Fsp3) is 0.200. The zero-order valence-electron chi connectivity index (χ0n) is 19.2. The standard InChI is InChI=1S/C25H23FIN3O5S/c1-34-21(15-5-3-2-4-6-15)11-12-30(36(32)33)14-20-19(27)13-18-22(24(28)31)23(35-25(18)29-20)16-7-9-17(26)10-8-16/h2-10,13,21H,11-12,14H2,1H3,(H2,28,31)(H,32,33). The molecule has 0 aliphatic carbocycles. The van der Waals surface area contributed by atoms with Gasteiger partial charge in [0, 0.05) is 22.8 Å². The lowest BCUT2D eigenvalue weighted by Crippen LogP contribution is -2.28. The Balaban J connectivity index is 1.63. The van der Waals surface area contributed by atoms with Crippen LogP contribution in [0.1, 0.15) is 34.1 Å². The molecule has 1 amide bonds. The molecular weight excluding hydrogens is 600 g/mol. The van der Waals surface area contributed by atoms with Crippen molar-refractivity contribution in [2.24, 2.45) is 5.73 Å². The zero-order valence-corrected chi connectivity index (χ0v) is 22.2. The SMILES string of the molecule is COC(CCN(Cc1nc2oc(-c3ccc(F)cc3)c(C(N)=O)c2cc1I)S(=O)O)c1ccccc1. The largest absolute Gasteiger partial charge is 0.437 e. The molecule has 0 saturated carbocycles. The molecule has 4 rings (SSSR count). The van der Waals surface area contributed by atoms with Crippen LogP contribution in [0.3, 0.4) is 0 Å². The molecule has 2 atom stereocenters. The normalized spacial score (nSPS) is 13.2. The molecule has 0 aliphatic rings. The minimum atomic E-state index is -2.26. The van der Waals surface area contributed by atoms with Crippen LogP contribution in [0.4, 0.5) is 4.39 Å². The lowest BCUT2D eigenvalue weighted by Gasteiger charge is -2.21. The van der Waals surface area contributed by atoms with Crippen molar-refractivity contribution in [3.05, 3.63) is 86.9 Å². The molecule has 4 aromatic rings. The zero-order chi connectivity index (χ0) is 25.8. The molecule has 2 heterocycles. The highest BCUT2D eigenvalue weighted by Crippen LogP contribution is 2.34. The summed E-state index contributed by atoms with van der Waals surface area (Å²) in [6.45, 7) is 0.318. The summed E-state index contributed by atoms with van der Waals surface area (Å²) in [7, 11) is 1.60. The number of furan rings is 1. The van der Waals surface area contributed by atoms with Crippen LogP contribution in [0.25, 0.3) is 22.4 Å². The fourth-order valence-corrected chi connectivity index (χ4v) is 5.02. The van der Waals surface area contributed by atoms with Gasteiger partial charge in [-0.25, -0.2) is 13.6 Å². The number of rotatable bonds is 10. The van der Waals surface area contributed by atoms with Gasteiger partial charge in [0.25, 0.3) is 5.91 Å². The number of amides is 1. The number of pyridine rings is 1. The lowest BCUT2D eigenvalue weighted by atomic mass is 10.1. The van der Waals surface area contributed by atoms with Crippen molar-refractivity contribution in [3.63, 3.8) is 0 Å². The van der Waals surface area contributed by atoms with E-state index >= 15 is 0 Å². The van der Waals surface area contributed by atoms with Crippen LogP contribution >= 0.6 is 22.6 Å². The summed E-state index contributed by atoms with van der Waals surface area (Å²) in [5.41, 5.74) is 7.87. The predicted octanol–water partition coefficient (Wildman–Crippen LogP) is 5.05. The summed E-state index contributed by atoms with van der Waals surface area (Å²) in [4.78, 5) is 16.8. The molecule has 36 heavy (non-hydrogen) atoms. The van der Waals surface area contributed by atoms with Gasteiger partial charge in [-0.1, -0.05) is 30.3 Å². The molecular formula is C25H23FIN3O5S. The number of ether oxygens (including phenoxy) is 1. The maximum Gasteiger partial charge on any atom is 0.253 e. The molecule has 2 aromatic carbocycles. The quantitative estimate of drug-likeness (QED) is 0.189. The van der Waals surface area contributed by atoms with Crippen molar-refractivity contribution < 1.29 is 27.1 Å². The van der Waals surface area contributed by atoms with Crippen molar-refractivity contribution in [2.45, 2.75) is 19.1 Å². The Morgan fingerprint density at radius 1 is 1.25 bits per heavy atom. The fourth-order valence-electron chi connectivity index (χ4n) is 3.92. The Labute approximate surface area is 223 Å². The topological polar surface area (TPSA) is 119 Å². The molecule has 0 spiro atoms. The number of hydrogen-bond donors (Lipinski definition) is 2. The highest BCUT2D eigenvalue weighted by molar-refractivity contribution is 14.1. The first kappa shape index (κ1) is 26.4. The molecule has 0 aliphatic heterocycles. The van der Waals surface area contributed by atoms with Crippen LogP contribution in [-0.2, 0) is 22.5 Å². The monoisotopic (exact) mass is 623 g/mol.